The highest BCUT2D eigenvalue weighted by molar-refractivity contribution is 7.90. The number of rotatable bonds is 4. The third kappa shape index (κ3) is 3.89. The summed E-state index contributed by atoms with van der Waals surface area (Å²) < 4.78 is 11.8. The maximum absolute atomic E-state index is 11.8. The number of aromatic amines is 1. The van der Waals surface area contributed by atoms with Gasteiger partial charge in [0, 0.05) is 29.7 Å². The highest BCUT2D eigenvalue weighted by Crippen LogP contribution is 2.35. The minimum Gasteiger partial charge on any atom is -0.612 e. The van der Waals surface area contributed by atoms with Gasteiger partial charge in [-0.2, -0.15) is 0 Å². The van der Waals surface area contributed by atoms with Crippen molar-refractivity contribution in [3.05, 3.63) is 71.4 Å². The Balaban J connectivity index is 1.30. The van der Waals surface area contributed by atoms with Crippen LogP contribution in [0.5, 0.6) is 0 Å². The smallest absolute Gasteiger partial charge is 0.154 e. The van der Waals surface area contributed by atoms with E-state index >= 15 is 0 Å². The number of hydrogen-bond acceptors (Lipinski definition) is 2. The van der Waals surface area contributed by atoms with Crippen LogP contribution in [0.15, 0.2) is 59.5 Å². The molecule has 2 aromatic carbocycles. The summed E-state index contributed by atoms with van der Waals surface area (Å²) in [5.41, 5.74) is 6.87. The summed E-state index contributed by atoms with van der Waals surface area (Å²) in [5.74, 6) is 0.717. The summed E-state index contributed by atoms with van der Waals surface area (Å²) in [6, 6.07) is 17.6. The molecular weight excluding hydrogens is 376 g/mol. The molecule has 0 saturated heterocycles. The maximum atomic E-state index is 11.8. The van der Waals surface area contributed by atoms with Gasteiger partial charge in [-0.15, -0.1) is 0 Å². The standard InChI is InChI=1S/C25H28N2OS/c1-29(28)21-8-9-22-23-14-17(7-10-24(23)27-25(22)16-21)13-20-15-19(11-12-26-20)18-5-3-2-4-6-18/h2-6,8-9,11,16-17,20,26-27H,7,10,12-15H2,1H3. The summed E-state index contributed by atoms with van der Waals surface area (Å²) in [7, 11) is 0. The number of aromatic nitrogens is 1. The average molecular weight is 405 g/mol. The molecule has 2 aliphatic rings. The van der Waals surface area contributed by atoms with Gasteiger partial charge in [-0.1, -0.05) is 36.4 Å². The summed E-state index contributed by atoms with van der Waals surface area (Å²) >= 11 is -0.936. The molecule has 0 spiro atoms. The maximum Gasteiger partial charge on any atom is 0.154 e. The Morgan fingerprint density at radius 1 is 1.10 bits per heavy atom. The van der Waals surface area contributed by atoms with Crippen molar-refractivity contribution in [1.82, 2.24) is 10.3 Å². The van der Waals surface area contributed by atoms with Gasteiger partial charge in [-0.05, 0) is 78.0 Å². The van der Waals surface area contributed by atoms with Crippen LogP contribution >= 0.6 is 0 Å². The van der Waals surface area contributed by atoms with Crippen molar-refractivity contribution < 1.29 is 4.55 Å². The molecule has 5 rings (SSSR count). The van der Waals surface area contributed by atoms with Gasteiger partial charge in [0.25, 0.3) is 0 Å². The average Bonchev–Trinajstić information content (AvgIpc) is 3.12. The first-order chi connectivity index (χ1) is 14.2. The molecule has 150 valence electrons. The van der Waals surface area contributed by atoms with Crippen LogP contribution in [-0.2, 0) is 24.0 Å². The molecule has 3 unspecified atom stereocenters. The Bertz CT molecular complexity index is 1040. The molecule has 0 fully saturated rings. The lowest BCUT2D eigenvalue weighted by Crippen LogP contribution is -2.35. The SMILES string of the molecule is C[S+]([O-])c1ccc2c3c([nH]c2c1)CCC(CC1CC(c2ccccc2)=CCN1)C3. The second-order valence-electron chi connectivity index (χ2n) is 8.49. The second kappa shape index (κ2) is 8.02. The summed E-state index contributed by atoms with van der Waals surface area (Å²) in [5, 5.41) is 5.04. The van der Waals surface area contributed by atoms with Crippen LogP contribution in [0, 0.1) is 5.92 Å². The molecular formula is C25H28N2OS. The summed E-state index contributed by atoms with van der Waals surface area (Å²) in [6.07, 6.45) is 9.95. The van der Waals surface area contributed by atoms with E-state index in [1.165, 1.54) is 40.6 Å². The molecule has 29 heavy (non-hydrogen) atoms. The van der Waals surface area contributed by atoms with Crippen molar-refractivity contribution in [1.29, 1.82) is 0 Å². The molecule has 1 aromatic heterocycles. The Kier molecular flexibility index (Phi) is 5.25. The van der Waals surface area contributed by atoms with Crippen molar-refractivity contribution in [2.75, 3.05) is 12.8 Å². The molecule has 0 bridgehead atoms. The topological polar surface area (TPSA) is 50.9 Å². The van der Waals surface area contributed by atoms with E-state index in [9.17, 15) is 4.55 Å². The summed E-state index contributed by atoms with van der Waals surface area (Å²) in [4.78, 5) is 4.51. The van der Waals surface area contributed by atoms with Gasteiger partial charge in [0.15, 0.2) is 4.90 Å². The normalized spacial score (nSPS) is 22.9. The van der Waals surface area contributed by atoms with Crippen LogP contribution in [0.4, 0.5) is 0 Å². The molecule has 3 aromatic rings. The van der Waals surface area contributed by atoms with Crippen molar-refractivity contribution >= 4 is 27.7 Å². The molecule has 3 atom stereocenters. The van der Waals surface area contributed by atoms with E-state index in [4.69, 9.17) is 0 Å². The fraction of sp³-hybridized carbons (Fsp3) is 0.360. The van der Waals surface area contributed by atoms with Gasteiger partial charge < -0.3 is 14.9 Å². The predicted molar refractivity (Wildman–Crippen MR) is 122 cm³/mol. The largest absolute Gasteiger partial charge is 0.612 e. The van der Waals surface area contributed by atoms with E-state index in [0.29, 0.717) is 12.0 Å². The van der Waals surface area contributed by atoms with Gasteiger partial charge in [0.05, 0.1) is 5.52 Å². The number of H-pyrrole nitrogens is 1. The Morgan fingerprint density at radius 3 is 2.79 bits per heavy atom. The van der Waals surface area contributed by atoms with E-state index in [0.717, 1.165) is 36.2 Å². The van der Waals surface area contributed by atoms with Gasteiger partial charge in [-0.3, -0.25) is 0 Å². The lowest BCUT2D eigenvalue weighted by atomic mass is 9.80. The Hall–Kier alpha value is -2.01. The molecule has 1 aliphatic carbocycles. The third-order valence-electron chi connectivity index (χ3n) is 6.58. The van der Waals surface area contributed by atoms with E-state index in [2.05, 4.69) is 58.8 Å². The Morgan fingerprint density at radius 2 is 1.97 bits per heavy atom. The number of benzene rings is 2. The van der Waals surface area contributed by atoms with Gasteiger partial charge in [0.2, 0.25) is 0 Å². The first-order valence-corrected chi connectivity index (χ1v) is 12.2. The minimum atomic E-state index is -0.936. The molecule has 0 amide bonds. The fourth-order valence-corrected chi connectivity index (χ4v) is 5.63. The zero-order valence-electron chi connectivity index (χ0n) is 16.9. The third-order valence-corrected chi connectivity index (χ3v) is 7.49. The second-order valence-corrected chi connectivity index (χ2v) is 9.87. The zero-order chi connectivity index (χ0) is 19.8. The minimum absolute atomic E-state index is 0.557. The first kappa shape index (κ1) is 19.0. The van der Waals surface area contributed by atoms with E-state index < -0.39 is 11.2 Å². The van der Waals surface area contributed by atoms with Gasteiger partial charge >= 0.3 is 0 Å². The monoisotopic (exact) mass is 404 g/mol. The van der Waals surface area contributed by atoms with Gasteiger partial charge in [0.1, 0.15) is 6.26 Å². The van der Waals surface area contributed by atoms with Crippen LogP contribution in [0.2, 0.25) is 0 Å². The molecule has 2 N–H and O–H groups in total. The highest BCUT2D eigenvalue weighted by atomic mass is 32.2. The van der Waals surface area contributed by atoms with Crippen LogP contribution in [0.1, 0.15) is 36.1 Å². The number of aryl methyl sites for hydroxylation is 1. The predicted octanol–water partition coefficient (Wildman–Crippen LogP) is 4.85. The lowest BCUT2D eigenvalue weighted by Gasteiger charge is -2.30. The summed E-state index contributed by atoms with van der Waals surface area (Å²) in [6.45, 7) is 0.969. The fourth-order valence-electron chi connectivity index (χ4n) is 5.08. The quantitative estimate of drug-likeness (QED) is 0.611. The van der Waals surface area contributed by atoms with E-state index in [1.807, 2.05) is 6.07 Å². The molecule has 0 radical (unpaired) electrons. The van der Waals surface area contributed by atoms with Crippen LogP contribution in [0.25, 0.3) is 16.5 Å². The molecule has 0 saturated carbocycles. The van der Waals surface area contributed by atoms with Crippen molar-refractivity contribution in [3.63, 3.8) is 0 Å². The van der Waals surface area contributed by atoms with E-state index in [1.54, 1.807) is 6.26 Å². The molecule has 2 heterocycles. The van der Waals surface area contributed by atoms with Crippen molar-refractivity contribution in [2.45, 2.75) is 43.0 Å². The van der Waals surface area contributed by atoms with Crippen molar-refractivity contribution in [2.24, 2.45) is 5.92 Å². The zero-order valence-corrected chi connectivity index (χ0v) is 17.7. The van der Waals surface area contributed by atoms with Crippen LogP contribution in [-0.4, -0.2) is 28.4 Å². The van der Waals surface area contributed by atoms with Gasteiger partial charge in [-0.25, -0.2) is 0 Å². The van der Waals surface area contributed by atoms with E-state index in [-0.39, 0.29) is 0 Å². The number of nitrogens with one attached hydrogen (secondary N) is 2. The molecule has 3 nitrogen and oxygen atoms in total. The van der Waals surface area contributed by atoms with Crippen LogP contribution < -0.4 is 5.32 Å². The Labute approximate surface area is 175 Å². The highest BCUT2D eigenvalue weighted by Gasteiger charge is 2.26. The number of hydrogen-bond donors (Lipinski definition) is 2. The molecule has 4 heteroatoms. The first-order valence-electron chi connectivity index (χ1n) is 10.6. The number of fused-ring (bicyclic) bond motifs is 3. The van der Waals surface area contributed by atoms with Crippen LogP contribution in [0.3, 0.4) is 0 Å². The molecule has 1 aliphatic heterocycles. The lowest BCUT2D eigenvalue weighted by molar-refractivity contribution is 0.356. The van der Waals surface area contributed by atoms with Crippen molar-refractivity contribution in [3.8, 4) is 0 Å².